The summed E-state index contributed by atoms with van der Waals surface area (Å²) in [6, 6.07) is 14.1. The van der Waals surface area contributed by atoms with Gasteiger partial charge in [0.2, 0.25) is 5.91 Å². The van der Waals surface area contributed by atoms with Gasteiger partial charge < -0.3 is 14.8 Å². The lowest BCUT2D eigenvalue weighted by molar-refractivity contribution is -0.119. The van der Waals surface area contributed by atoms with Crippen LogP contribution < -0.4 is 14.8 Å². The van der Waals surface area contributed by atoms with Gasteiger partial charge in [0.05, 0.1) is 17.0 Å². The molecule has 1 atom stereocenters. The molecule has 1 aromatic heterocycles. The lowest BCUT2D eigenvalue weighted by atomic mass is 10.0. The van der Waals surface area contributed by atoms with Gasteiger partial charge in [-0.15, -0.1) is 0 Å². The van der Waals surface area contributed by atoms with E-state index in [-0.39, 0.29) is 18.1 Å². The average molecular weight is 409 g/mol. The highest BCUT2D eigenvalue weighted by Crippen LogP contribution is 2.38. The third-order valence-corrected chi connectivity index (χ3v) is 5.69. The molecule has 1 amide bonds. The van der Waals surface area contributed by atoms with Crippen LogP contribution in [-0.2, 0) is 11.2 Å². The van der Waals surface area contributed by atoms with E-state index in [2.05, 4.69) is 28.5 Å². The average Bonchev–Trinajstić information content (AvgIpc) is 3.29. The molecule has 0 radical (unpaired) electrons. The molecule has 0 saturated heterocycles. The Kier molecular flexibility index (Phi) is 5.53. The maximum Gasteiger partial charge on any atom is 0.279 e. The number of hydrogen-bond donors (Lipinski definition) is 1. The number of nitrogens with zero attached hydrogens (tertiary/aromatic N) is 1. The van der Waals surface area contributed by atoms with Crippen molar-refractivity contribution in [2.75, 3.05) is 0 Å². The second-order valence-corrected chi connectivity index (χ2v) is 8.43. The first-order chi connectivity index (χ1) is 14.0. The first-order valence-electron chi connectivity index (χ1n) is 9.78. The summed E-state index contributed by atoms with van der Waals surface area (Å²) in [6.07, 6.45) is 3.91. The Morgan fingerprint density at radius 1 is 1.17 bits per heavy atom. The molecule has 150 valence electrons. The maximum atomic E-state index is 11.4. The molecule has 0 fully saturated rings. The highest BCUT2D eigenvalue weighted by Gasteiger charge is 2.23. The monoisotopic (exact) mass is 408 g/mol. The van der Waals surface area contributed by atoms with Crippen molar-refractivity contribution in [2.24, 2.45) is 0 Å². The lowest BCUT2D eigenvalue weighted by Gasteiger charge is -2.12. The van der Waals surface area contributed by atoms with E-state index in [1.165, 1.54) is 22.5 Å². The predicted octanol–water partition coefficient (Wildman–Crippen LogP) is 5.51. The molecular weight excluding hydrogens is 384 g/mol. The van der Waals surface area contributed by atoms with Crippen molar-refractivity contribution in [1.29, 1.82) is 0 Å². The van der Waals surface area contributed by atoms with Crippen LogP contribution >= 0.6 is 11.3 Å². The van der Waals surface area contributed by atoms with E-state index in [1.807, 2.05) is 44.3 Å². The van der Waals surface area contributed by atoms with Crippen molar-refractivity contribution >= 4 is 17.2 Å². The fraction of sp³-hybridized carbons (Fsp3) is 0.304. The number of ether oxygens (including phenoxy) is 2. The third kappa shape index (κ3) is 4.59. The minimum absolute atomic E-state index is 0.0139. The zero-order valence-corrected chi connectivity index (χ0v) is 17.6. The van der Waals surface area contributed by atoms with Crippen LogP contribution in [0, 0.1) is 0 Å². The van der Waals surface area contributed by atoms with Crippen LogP contribution in [0.15, 0.2) is 48.7 Å². The van der Waals surface area contributed by atoms with Crippen molar-refractivity contribution in [3.63, 3.8) is 0 Å². The number of carbonyl (C=O) groups excluding carboxylic acids is 1. The smallest absolute Gasteiger partial charge is 0.279 e. The summed E-state index contributed by atoms with van der Waals surface area (Å²) in [4.78, 5) is 16.9. The summed E-state index contributed by atoms with van der Waals surface area (Å²) in [5.41, 5.74) is 3.63. The van der Waals surface area contributed by atoms with Crippen molar-refractivity contribution in [3.8, 4) is 27.1 Å². The van der Waals surface area contributed by atoms with Crippen LogP contribution in [0.4, 0.5) is 0 Å². The van der Waals surface area contributed by atoms with Crippen molar-refractivity contribution in [2.45, 2.75) is 45.8 Å². The molecule has 0 aliphatic heterocycles. The third-order valence-electron chi connectivity index (χ3n) is 4.77. The van der Waals surface area contributed by atoms with Gasteiger partial charge in [-0.05, 0) is 73.7 Å². The van der Waals surface area contributed by atoms with Crippen LogP contribution in [0.2, 0.25) is 0 Å². The van der Waals surface area contributed by atoms with Crippen molar-refractivity contribution in [1.82, 2.24) is 10.3 Å². The molecule has 1 N–H and O–H groups in total. The van der Waals surface area contributed by atoms with E-state index in [4.69, 9.17) is 9.47 Å². The number of thiazole rings is 1. The molecule has 1 aliphatic rings. The number of benzene rings is 2. The number of nitrogens with one attached hydrogen (secondary N) is 1. The van der Waals surface area contributed by atoms with Crippen LogP contribution in [-0.4, -0.2) is 17.0 Å². The number of aromatic nitrogens is 1. The Morgan fingerprint density at radius 2 is 1.93 bits per heavy atom. The standard InChI is InChI=1S/C23H24N2O3S/c1-14(2)27-18-6-8-19(9-7-18)28-23-24-13-22(29-23)17-4-10-20-16(12-17)5-11-21(20)25-15(3)26/h4,6-10,12-14,21H,5,11H2,1-3H3,(H,25,26). The SMILES string of the molecule is CC(=O)NC1CCc2cc(-c3cnc(Oc4ccc(OC(C)C)cc4)s3)ccc21. The van der Waals surface area contributed by atoms with Crippen LogP contribution in [0.5, 0.6) is 16.7 Å². The van der Waals surface area contributed by atoms with Gasteiger partial charge in [0.15, 0.2) is 0 Å². The van der Waals surface area contributed by atoms with E-state index in [9.17, 15) is 4.79 Å². The first-order valence-corrected chi connectivity index (χ1v) is 10.6. The highest BCUT2D eigenvalue weighted by atomic mass is 32.1. The van der Waals surface area contributed by atoms with E-state index in [1.54, 1.807) is 6.92 Å². The molecule has 5 nitrogen and oxygen atoms in total. The molecule has 0 bridgehead atoms. The van der Waals surface area contributed by atoms with E-state index >= 15 is 0 Å². The normalized spacial score (nSPS) is 15.2. The molecule has 3 aromatic rings. The summed E-state index contributed by atoms with van der Waals surface area (Å²) in [5, 5.41) is 3.63. The number of carbonyl (C=O) groups is 1. The number of amides is 1. The second-order valence-electron chi connectivity index (χ2n) is 7.44. The highest BCUT2D eigenvalue weighted by molar-refractivity contribution is 7.16. The Bertz CT molecular complexity index is 1010. The summed E-state index contributed by atoms with van der Waals surface area (Å²) in [6.45, 7) is 5.57. The van der Waals surface area contributed by atoms with Gasteiger partial charge in [0.1, 0.15) is 11.5 Å². The van der Waals surface area contributed by atoms with Crippen LogP contribution in [0.25, 0.3) is 10.4 Å². The Labute approximate surface area is 174 Å². The largest absolute Gasteiger partial charge is 0.491 e. The minimum Gasteiger partial charge on any atom is -0.491 e. The molecule has 1 unspecified atom stereocenters. The van der Waals surface area contributed by atoms with Gasteiger partial charge >= 0.3 is 0 Å². The number of hydrogen-bond acceptors (Lipinski definition) is 5. The Balaban J connectivity index is 1.46. The molecular formula is C23H24N2O3S. The van der Waals surface area contributed by atoms with Crippen LogP contribution in [0.3, 0.4) is 0 Å². The fourth-order valence-electron chi connectivity index (χ4n) is 3.56. The van der Waals surface area contributed by atoms with Gasteiger partial charge in [-0.2, -0.15) is 0 Å². The molecule has 2 aromatic carbocycles. The second kappa shape index (κ2) is 8.25. The number of rotatable bonds is 6. The molecule has 1 aliphatic carbocycles. The molecule has 1 heterocycles. The Hall–Kier alpha value is -2.86. The Morgan fingerprint density at radius 3 is 2.66 bits per heavy atom. The first kappa shape index (κ1) is 19.5. The topological polar surface area (TPSA) is 60.5 Å². The quantitative estimate of drug-likeness (QED) is 0.584. The molecule has 4 rings (SSSR count). The van der Waals surface area contributed by atoms with Crippen LogP contribution in [0.1, 0.15) is 44.4 Å². The fourth-order valence-corrected chi connectivity index (χ4v) is 4.35. The summed E-state index contributed by atoms with van der Waals surface area (Å²) < 4.78 is 11.6. The zero-order chi connectivity index (χ0) is 20.4. The zero-order valence-electron chi connectivity index (χ0n) is 16.8. The lowest BCUT2D eigenvalue weighted by Crippen LogP contribution is -2.24. The summed E-state index contributed by atoms with van der Waals surface area (Å²) >= 11 is 1.52. The van der Waals surface area contributed by atoms with Gasteiger partial charge in [-0.25, -0.2) is 4.98 Å². The van der Waals surface area contributed by atoms with Gasteiger partial charge in [0.25, 0.3) is 5.19 Å². The minimum atomic E-state index is 0.0139. The summed E-state index contributed by atoms with van der Waals surface area (Å²) in [5.74, 6) is 1.57. The van der Waals surface area contributed by atoms with E-state index < -0.39 is 0 Å². The number of fused-ring (bicyclic) bond motifs is 1. The maximum absolute atomic E-state index is 11.4. The van der Waals surface area contributed by atoms with E-state index in [0.717, 1.165) is 34.8 Å². The van der Waals surface area contributed by atoms with E-state index in [0.29, 0.717) is 5.19 Å². The van der Waals surface area contributed by atoms with Crippen molar-refractivity contribution in [3.05, 3.63) is 59.8 Å². The van der Waals surface area contributed by atoms with Gasteiger partial charge in [-0.1, -0.05) is 23.5 Å². The molecule has 0 spiro atoms. The molecule has 0 saturated carbocycles. The predicted molar refractivity (Wildman–Crippen MR) is 115 cm³/mol. The van der Waals surface area contributed by atoms with Crippen molar-refractivity contribution < 1.29 is 14.3 Å². The van der Waals surface area contributed by atoms with Gasteiger partial charge in [0, 0.05) is 13.1 Å². The van der Waals surface area contributed by atoms with Gasteiger partial charge in [-0.3, -0.25) is 4.79 Å². The molecule has 6 heteroatoms. The number of aryl methyl sites for hydroxylation is 1. The molecule has 29 heavy (non-hydrogen) atoms. The summed E-state index contributed by atoms with van der Waals surface area (Å²) in [7, 11) is 0.